The number of carbonyl (C=O) groups is 1. The number of benzene rings is 1. The van der Waals surface area contributed by atoms with Crippen molar-refractivity contribution in [2.24, 2.45) is 5.92 Å². The highest BCUT2D eigenvalue weighted by atomic mass is 16.5. The first-order chi connectivity index (χ1) is 7.75. The highest BCUT2D eigenvalue weighted by Crippen LogP contribution is 2.45. The van der Waals surface area contributed by atoms with Crippen LogP contribution in [-0.2, 0) is 9.53 Å². The monoisotopic (exact) mass is 214 g/mol. The van der Waals surface area contributed by atoms with Gasteiger partial charge in [-0.3, -0.25) is 4.79 Å². The van der Waals surface area contributed by atoms with Crippen molar-refractivity contribution in [2.75, 3.05) is 0 Å². The Bertz CT molecular complexity index is 447. The first-order valence-corrected chi connectivity index (χ1v) is 5.73. The van der Waals surface area contributed by atoms with Crippen LogP contribution in [0.15, 0.2) is 42.2 Å². The van der Waals surface area contributed by atoms with Gasteiger partial charge in [-0.25, -0.2) is 0 Å². The quantitative estimate of drug-likeness (QED) is 0.718. The molecule has 0 radical (unpaired) electrons. The minimum atomic E-state index is -0.0128. The maximum absolute atomic E-state index is 11.9. The van der Waals surface area contributed by atoms with Gasteiger partial charge in [-0.1, -0.05) is 30.3 Å². The van der Waals surface area contributed by atoms with Gasteiger partial charge >= 0.3 is 0 Å². The summed E-state index contributed by atoms with van der Waals surface area (Å²) in [4.78, 5) is 11.9. The van der Waals surface area contributed by atoms with Gasteiger partial charge in [0.1, 0.15) is 5.76 Å². The third-order valence-corrected chi connectivity index (χ3v) is 3.44. The van der Waals surface area contributed by atoms with Crippen molar-refractivity contribution in [3.63, 3.8) is 0 Å². The van der Waals surface area contributed by atoms with Gasteiger partial charge in [0.05, 0.1) is 12.0 Å². The number of ketones is 1. The van der Waals surface area contributed by atoms with Gasteiger partial charge in [-0.2, -0.15) is 0 Å². The fraction of sp³-hybridized carbons (Fsp3) is 0.357. The van der Waals surface area contributed by atoms with Crippen LogP contribution >= 0.6 is 0 Å². The average molecular weight is 214 g/mol. The van der Waals surface area contributed by atoms with Crippen LogP contribution in [0, 0.1) is 5.92 Å². The van der Waals surface area contributed by atoms with E-state index in [9.17, 15) is 4.79 Å². The summed E-state index contributed by atoms with van der Waals surface area (Å²) in [5.41, 5.74) is 1.11. The molecule has 0 N–H and O–H groups in total. The third-order valence-electron chi connectivity index (χ3n) is 3.44. The molecular formula is C14H14O2. The Balaban J connectivity index is 1.96. The molecule has 0 saturated carbocycles. The third kappa shape index (κ3) is 1.37. The van der Waals surface area contributed by atoms with Crippen LogP contribution in [0.4, 0.5) is 0 Å². The number of rotatable bonds is 1. The summed E-state index contributed by atoms with van der Waals surface area (Å²) >= 11 is 0. The van der Waals surface area contributed by atoms with E-state index in [-0.39, 0.29) is 23.7 Å². The van der Waals surface area contributed by atoms with Crippen LogP contribution in [0.25, 0.3) is 0 Å². The van der Waals surface area contributed by atoms with Crippen molar-refractivity contribution < 1.29 is 9.53 Å². The first-order valence-electron chi connectivity index (χ1n) is 5.73. The number of carbonyl (C=O) groups excluding carboxylic acids is 1. The molecule has 0 amide bonds. The lowest BCUT2D eigenvalue weighted by Gasteiger charge is -2.15. The van der Waals surface area contributed by atoms with E-state index in [1.54, 1.807) is 6.08 Å². The summed E-state index contributed by atoms with van der Waals surface area (Å²) in [5, 5.41) is 0. The van der Waals surface area contributed by atoms with Crippen LogP contribution in [0.1, 0.15) is 24.8 Å². The Morgan fingerprint density at radius 3 is 2.75 bits per heavy atom. The van der Waals surface area contributed by atoms with Gasteiger partial charge < -0.3 is 4.74 Å². The number of ether oxygens (including phenoxy) is 1. The van der Waals surface area contributed by atoms with Gasteiger partial charge in [-0.05, 0) is 18.9 Å². The molecule has 3 rings (SSSR count). The van der Waals surface area contributed by atoms with E-state index >= 15 is 0 Å². The molecule has 82 valence electrons. The molecule has 1 saturated heterocycles. The molecule has 0 aromatic heterocycles. The lowest BCUT2D eigenvalue weighted by molar-refractivity contribution is -0.116. The normalized spacial score (nSPS) is 32.2. The molecule has 0 bridgehead atoms. The molecule has 0 unspecified atom stereocenters. The summed E-state index contributed by atoms with van der Waals surface area (Å²) in [5.74, 6) is 1.34. The molecule has 16 heavy (non-hydrogen) atoms. The fourth-order valence-corrected chi connectivity index (χ4v) is 2.77. The highest BCUT2D eigenvalue weighted by Gasteiger charge is 2.43. The molecular weight excluding hydrogens is 200 g/mol. The molecule has 2 heteroatoms. The Kier molecular flexibility index (Phi) is 2.10. The lowest BCUT2D eigenvalue weighted by Crippen LogP contribution is -2.14. The maximum Gasteiger partial charge on any atom is 0.167 e. The highest BCUT2D eigenvalue weighted by molar-refractivity contribution is 5.99. The molecule has 2 aliphatic rings. The second-order valence-corrected chi connectivity index (χ2v) is 4.61. The summed E-state index contributed by atoms with van der Waals surface area (Å²) in [6.07, 6.45) is 2.89. The topological polar surface area (TPSA) is 26.3 Å². The predicted octanol–water partition coefficient (Wildman–Crippen LogP) is 2.66. The van der Waals surface area contributed by atoms with Crippen molar-refractivity contribution in [1.82, 2.24) is 0 Å². The van der Waals surface area contributed by atoms with E-state index < -0.39 is 0 Å². The predicted molar refractivity (Wildman–Crippen MR) is 60.9 cm³/mol. The molecule has 1 aliphatic carbocycles. The zero-order valence-electron chi connectivity index (χ0n) is 9.22. The molecule has 1 heterocycles. The standard InChI is InChI=1S/C14H14O2/c1-9-7-11-13(16-9)8-12(15)14(11)10-5-3-2-4-6-10/h2-6,8-9,11,14H,7H2,1H3/t9-,11+,14-/m1/s1. The van der Waals surface area contributed by atoms with Crippen molar-refractivity contribution >= 4 is 5.78 Å². The van der Waals surface area contributed by atoms with Crippen LogP contribution in [0.5, 0.6) is 0 Å². The summed E-state index contributed by atoms with van der Waals surface area (Å²) < 4.78 is 5.65. The minimum absolute atomic E-state index is 0.0128. The van der Waals surface area contributed by atoms with Gasteiger partial charge in [0.15, 0.2) is 5.78 Å². The molecule has 0 spiro atoms. The second-order valence-electron chi connectivity index (χ2n) is 4.61. The second kappa shape index (κ2) is 3.48. The van der Waals surface area contributed by atoms with Gasteiger partial charge in [0, 0.05) is 12.0 Å². The van der Waals surface area contributed by atoms with Crippen LogP contribution < -0.4 is 0 Å². The molecule has 1 fully saturated rings. The van der Waals surface area contributed by atoms with Crippen molar-refractivity contribution in [1.29, 1.82) is 0 Å². The van der Waals surface area contributed by atoms with Gasteiger partial charge in [-0.15, -0.1) is 0 Å². The number of hydrogen-bond donors (Lipinski definition) is 0. The summed E-state index contributed by atoms with van der Waals surface area (Å²) in [6.45, 7) is 2.06. The number of allylic oxidation sites excluding steroid dienone is 2. The SMILES string of the molecule is C[C@@H]1C[C@H]2C(=CC(=O)[C@@H]2c2ccccc2)O1. The van der Waals surface area contributed by atoms with Crippen molar-refractivity contribution in [2.45, 2.75) is 25.4 Å². The Hall–Kier alpha value is -1.57. The van der Waals surface area contributed by atoms with E-state index in [1.807, 2.05) is 30.3 Å². The smallest absolute Gasteiger partial charge is 0.167 e. The summed E-state index contributed by atoms with van der Waals surface area (Å²) in [6, 6.07) is 10.0. The van der Waals surface area contributed by atoms with Crippen LogP contribution in [0.2, 0.25) is 0 Å². The molecule has 2 nitrogen and oxygen atoms in total. The van der Waals surface area contributed by atoms with Crippen molar-refractivity contribution in [3.8, 4) is 0 Å². The van der Waals surface area contributed by atoms with E-state index in [1.165, 1.54) is 0 Å². The van der Waals surface area contributed by atoms with Crippen LogP contribution in [0.3, 0.4) is 0 Å². The van der Waals surface area contributed by atoms with E-state index in [4.69, 9.17) is 4.74 Å². The Morgan fingerprint density at radius 1 is 1.25 bits per heavy atom. The van der Waals surface area contributed by atoms with E-state index in [2.05, 4.69) is 6.92 Å². The minimum Gasteiger partial charge on any atom is -0.495 e. The number of hydrogen-bond acceptors (Lipinski definition) is 2. The molecule has 1 aliphatic heterocycles. The average Bonchev–Trinajstić information content (AvgIpc) is 2.74. The zero-order valence-corrected chi connectivity index (χ0v) is 9.22. The lowest BCUT2D eigenvalue weighted by atomic mass is 9.85. The zero-order chi connectivity index (χ0) is 11.1. The van der Waals surface area contributed by atoms with Crippen LogP contribution in [-0.4, -0.2) is 11.9 Å². The molecule has 3 atom stereocenters. The fourth-order valence-electron chi connectivity index (χ4n) is 2.77. The van der Waals surface area contributed by atoms with Gasteiger partial charge in [0.2, 0.25) is 0 Å². The van der Waals surface area contributed by atoms with E-state index in [0.717, 1.165) is 17.7 Å². The summed E-state index contributed by atoms with van der Waals surface area (Å²) in [7, 11) is 0. The Morgan fingerprint density at radius 2 is 2.00 bits per heavy atom. The molecule has 1 aromatic carbocycles. The van der Waals surface area contributed by atoms with Crippen molar-refractivity contribution in [3.05, 3.63) is 47.7 Å². The first kappa shape index (κ1) is 9.64. The maximum atomic E-state index is 11.9. The van der Waals surface area contributed by atoms with Gasteiger partial charge in [0.25, 0.3) is 0 Å². The number of fused-ring (bicyclic) bond motifs is 1. The Labute approximate surface area is 94.9 Å². The largest absolute Gasteiger partial charge is 0.495 e. The van der Waals surface area contributed by atoms with E-state index in [0.29, 0.717) is 0 Å². The molecule has 1 aromatic rings.